The molecule has 0 saturated heterocycles. The fourth-order valence-electron chi connectivity index (χ4n) is 0.725. The largest absolute Gasteiger partial charge is 0.377 e. The minimum atomic E-state index is 0.376. The SMILES string of the molecule is Cn1ccc(CS/C(N)=N/N)n1. The van der Waals surface area contributed by atoms with Gasteiger partial charge in [-0.15, -0.1) is 0 Å². The summed E-state index contributed by atoms with van der Waals surface area (Å²) in [6.45, 7) is 0. The summed E-state index contributed by atoms with van der Waals surface area (Å²) < 4.78 is 1.74. The third kappa shape index (κ3) is 2.46. The van der Waals surface area contributed by atoms with E-state index in [0.29, 0.717) is 10.9 Å². The van der Waals surface area contributed by atoms with Crippen molar-refractivity contribution >= 4 is 16.9 Å². The van der Waals surface area contributed by atoms with Gasteiger partial charge in [0.15, 0.2) is 5.17 Å². The van der Waals surface area contributed by atoms with Crippen molar-refractivity contribution in [2.45, 2.75) is 5.75 Å². The van der Waals surface area contributed by atoms with Crippen LogP contribution in [-0.4, -0.2) is 14.9 Å². The molecule has 1 rings (SSSR count). The van der Waals surface area contributed by atoms with Crippen LogP contribution in [0, 0.1) is 0 Å². The summed E-state index contributed by atoms with van der Waals surface area (Å²) in [7, 11) is 1.87. The number of aromatic nitrogens is 2. The Kier molecular flexibility index (Phi) is 2.98. The van der Waals surface area contributed by atoms with E-state index in [1.54, 1.807) is 4.68 Å². The van der Waals surface area contributed by atoms with E-state index < -0.39 is 0 Å². The van der Waals surface area contributed by atoms with Gasteiger partial charge in [0.1, 0.15) is 0 Å². The van der Waals surface area contributed by atoms with Gasteiger partial charge >= 0.3 is 0 Å². The molecule has 0 saturated carbocycles. The van der Waals surface area contributed by atoms with Gasteiger partial charge in [0.05, 0.1) is 5.69 Å². The maximum Gasteiger partial charge on any atom is 0.177 e. The molecule has 5 nitrogen and oxygen atoms in total. The van der Waals surface area contributed by atoms with Crippen molar-refractivity contribution in [3.05, 3.63) is 18.0 Å². The normalized spacial score (nSPS) is 11.9. The van der Waals surface area contributed by atoms with Crippen LogP contribution in [0.4, 0.5) is 0 Å². The number of hydrogen-bond acceptors (Lipinski definition) is 4. The zero-order valence-electron chi connectivity index (χ0n) is 6.77. The molecule has 0 spiro atoms. The fraction of sp³-hybridized carbons (Fsp3) is 0.333. The van der Waals surface area contributed by atoms with Gasteiger partial charge in [-0.25, -0.2) is 0 Å². The molecular formula is C6H11N5S. The standard InChI is InChI=1S/C6H11N5S/c1-11-3-2-5(10-11)4-12-6(7)9-8/h2-3H,4,8H2,1H3,(H2,7,9). The maximum atomic E-state index is 5.38. The summed E-state index contributed by atoms with van der Waals surface area (Å²) in [4.78, 5) is 0. The Morgan fingerprint density at radius 2 is 2.58 bits per heavy atom. The molecule has 0 atom stereocenters. The second kappa shape index (κ2) is 4.01. The highest BCUT2D eigenvalue weighted by Gasteiger charge is 1.98. The van der Waals surface area contributed by atoms with E-state index in [4.69, 9.17) is 11.6 Å². The molecule has 1 aromatic rings. The van der Waals surface area contributed by atoms with Crippen molar-refractivity contribution in [2.75, 3.05) is 0 Å². The first kappa shape index (κ1) is 8.92. The lowest BCUT2D eigenvalue weighted by atomic mass is 10.5. The van der Waals surface area contributed by atoms with E-state index in [2.05, 4.69) is 10.2 Å². The maximum absolute atomic E-state index is 5.38. The van der Waals surface area contributed by atoms with Crippen molar-refractivity contribution in [3.8, 4) is 0 Å². The topological polar surface area (TPSA) is 82.2 Å². The predicted octanol–water partition coefficient (Wildman–Crippen LogP) is -0.158. The molecule has 4 N–H and O–H groups in total. The Morgan fingerprint density at radius 1 is 1.83 bits per heavy atom. The van der Waals surface area contributed by atoms with E-state index in [1.807, 2.05) is 19.3 Å². The van der Waals surface area contributed by atoms with Crippen molar-refractivity contribution in [1.82, 2.24) is 9.78 Å². The first-order chi connectivity index (χ1) is 5.72. The van der Waals surface area contributed by atoms with E-state index in [9.17, 15) is 0 Å². The number of hydrazone groups is 1. The van der Waals surface area contributed by atoms with E-state index in [-0.39, 0.29) is 0 Å². The first-order valence-electron chi connectivity index (χ1n) is 3.37. The molecule has 0 fully saturated rings. The zero-order chi connectivity index (χ0) is 8.97. The Bertz CT molecular complexity index is 279. The minimum absolute atomic E-state index is 0.376. The summed E-state index contributed by atoms with van der Waals surface area (Å²) in [5.41, 5.74) is 6.35. The lowest BCUT2D eigenvalue weighted by Crippen LogP contribution is -2.09. The van der Waals surface area contributed by atoms with Gasteiger partial charge in [-0.2, -0.15) is 10.2 Å². The van der Waals surface area contributed by atoms with Crippen LogP contribution in [0.3, 0.4) is 0 Å². The zero-order valence-corrected chi connectivity index (χ0v) is 7.58. The van der Waals surface area contributed by atoms with Gasteiger partial charge in [-0.3, -0.25) is 4.68 Å². The van der Waals surface area contributed by atoms with Gasteiger partial charge in [0.2, 0.25) is 0 Å². The lowest BCUT2D eigenvalue weighted by Gasteiger charge is -1.94. The summed E-state index contributed by atoms with van der Waals surface area (Å²) in [5.74, 6) is 5.66. The number of thioether (sulfide) groups is 1. The van der Waals surface area contributed by atoms with Gasteiger partial charge in [0.25, 0.3) is 0 Å². The summed E-state index contributed by atoms with van der Waals surface area (Å²) in [5, 5.41) is 7.87. The molecule has 0 aromatic carbocycles. The van der Waals surface area contributed by atoms with Gasteiger partial charge in [-0.05, 0) is 6.07 Å². The number of nitrogens with two attached hydrogens (primary N) is 2. The molecule has 12 heavy (non-hydrogen) atoms. The average Bonchev–Trinajstić information content (AvgIpc) is 2.47. The van der Waals surface area contributed by atoms with Crippen molar-refractivity contribution < 1.29 is 0 Å². The van der Waals surface area contributed by atoms with Gasteiger partial charge in [0, 0.05) is 19.0 Å². The highest BCUT2D eigenvalue weighted by molar-refractivity contribution is 8.13. The molecule has 0 aliphatic heterocycles. The first-order valence-corrected chi connectivity index (χ1v) is 4.35. The Hall–Kier alpha value is -1.17. The van der Waals surface area contributed by atoms with E-state index in [1.165, 1.54) is 11.8 Å². The molecule has 0 radical (unpaired) electrons. The molecule has 0 amide bonds. The Morgan fingerprint density at radius 3 is 3.08 bits per heavy atom. The molecular weight excluding hydrogens is 174 g/mol. The molecule has 0 unspecified atom stereocenters. The van der Waals surface area contributed by atoms with Crippen LogP contribution in [0.1, 0.15) is 5.69 Å². The van der Waals surface area contributed by atoms with Gasteiger partial charge in [-0.1, -0.05) is 11.8 Å². The highest BCUT2D eigenvalue weighted by atomic mass is 32.2. The van der Waals surface area contributed by atoms with Gasteiger partial charge < -0.3 is 11.6 Å². The summed E-state index contributed by atoms with van der Waals surface area (Å²) in [6.07, 6.45) is 1.88. The highest BCUT2D eigenvalue weighted by Crippen LogP contribution is 2.08. The Balaban J connectivity index is 2.43. The molecule has 0 aliphatic rings. The van der Waals surface area contributed by atoms with Crippen LogP contribution in [0.15, 0.2) is 17.4 Å². The average molecular weight is 185 g/mol. The van der Waals surface area contributed by atoms with E-state index in [0.717, 1.165) is 5.69 Å². The van der Waals surface area contributed by atoms with Crippen LogP contribution >= 0.6 is 11.8 Å². The Labute approximate surface area is 74.8 Å². The second-order valence-corrected chi connectivity index (χ2v) is 3.23. The number of hydrogen-bond donors (Lipinski definition) is 2. The smallest absolute Gasteiger partial charge is 0.177 e. The molecule has 0 aliphatic carbocycles. The van der Waals surface area contributed by atoms with Crippen molar-refractivity contribution in [3.63, 3.8) is 0 Å². The predicted molar refractivity (Wildman–Crippen MR) is 50.3 cm³/mol. The summed E-state index contributed by atoms with van der Waals surface area (Å²) >= 11 is 1.37. The molecule has 66 valence electrons. The quantitative estimate of drug-likeness (QED) is 0.290. The van der Waals surface area contributed by atoms with Crippen LogP contribution in [-0.2, 0) is 12.8 Å². The number of aryl methyl sites for hydroxylation is 1. The van der Waals surface area contributed by atoms with Crippen LogP contribution in [0.2, 0.25) is 0 Å². The minimum Gasteiger partial charge on any atom is -0.377 e. The van der Waals surface area contributed by atoms with E-state index >= 15 is 0 Å². The van der Waals surface area contributed by atoms with Crippen molar-refractivity contribution in [1.29, 1.82) is 0 Å². The monoisotopic (exact) mass is 185 g/mol. The van der Waals surface area contributed by atoms with Crippen molar-refractivity contribution in [2.24, 2.45) is 23.7 Å². The molecule has 1 aromatic heterocycles. The number of amidine groups is 1. The third-order valence-electron chi connectivity index (χ3n) is 1.26. The summed E-state index contributed by atoms with van der Waals surface area (Å²) in [6, 6.07) is 1.93. The second-order valence-electron chi connectivity index (χ2n) is 2.24. The number of nitrogens with zero attached hydrogens (tertiary/aromatic N) is 3. The molecule has 6 heteroatoms. The van der Waals surface area contributed by atoms with Crippen LogP contribution in [0.5, 0.6) is 0 Å². The fourth-order valence-corrected chi connectivity index (χ4v) is 1.25. The number of rotatable bonds is 2. The lowest BCUT2D eigenvalue weighted by molar-refractivity contribution is 0.755. The van der Waals surface area contributed by atoms with Crippen LogP contribution < -0.4 is 11.6 Å². The third-order valence-corrected chi connectivity index (χ3v) is 2.11. The molecule has 0 bridgehead atoms. The molecule has 1 heterocycles. The van der Waals surface area contributed by atoms with Crippen LogP contribution in [0.25, 0.3) is 0 Å².